The summed E-state index contributed by atoms with van der Waals surface area (Å²) in [5, 5.41) is 0. The van der Waals surface area contributed by atoms with Crippen LogP contribution in [0.15, 0.2) is 134 Å². The second kappa shape index (κ2) is 15.4. The Morgan fingerprint density at radius 2 is 0.902 bits per heavy atom. The van der Waals surface area contributed by atoms with Crippen molar-refractivity contribution in [1.29, 1.82) is 0 Å². The molecule has 0 aromatic heterocycles. The van der Waals surface area contributed by atoms with Crippen molar-refractivity contribution >= 4 is 0 Å². The maximum absolute atomic E-state index is 6.66. The first-order chi connectivity index (χ1) is 20.3. The zero-order valence-electron chi connectivity index (χ0n) is 23.3. The SMILES string of the molecule is C=C[C@H]1OC(COCc2ccccc2)[C@H](OCc2ccccc2)[C@@H](OCc2ccccc2)C1OCc1ccccc1. The van der Waals surface area contributed by atoms with Crippen molar-refractivity contribution in [2.45, 2.75) is 56.9 Å². The maximum atomic E-state index is 6.66. The minimum Gasteiger partial charge on any atom is -0.374 e. The van der Waals surface area contributed by atoms with Crippen LogP contribution in [0.5, 0.6) is 0 Å². The average Bonchev–Trinajstić information content (AvgIpc) is 3.04. The van der Waals surface area contributed by atoms with Crippen molar-refractivity contribution in [3.63, 3.8) is 0 Å². The summed E-state index contributed by atoms with van der Waals surface area (Å²) >= 11 is 0. The minimum atomic E-state index is -0.438. The summed E-state index contributed by atoms with van der Waals surface area (Å²) in [7, 11) is 0. The van der Waals surface area contributed by atoms with Crippen LogP contribution in [0.4, 0.5) is 0 Å². The molecule has 1 saturated heterocycles. The molecule has 1 aliphatic rings. The van der Waals surface area contributed by atoms with Crippen LogP contribution in [0.1, 0.15) is 22.3 Å². The summed E-state index contributed by atoms with van der Waals surface area (Å²) in [6.45, 7) is 6.16. The molecule has 5 atom stereocenters. The van der Waals surface area contributed by atoms with E-state index in [-0.39, 0.29) is 6.10 Å². The predicted molar refractivity (Wildman–Crippen MR) is 160 cm³/mol. The molecule has 0 spiro atoms. The van der Waals surface area contributed by atoms with E-state index in [4.69, 9.17) is 23.7 Å². The van der Waals surface area contributed by atoms with E-state index < -0.39 is 24.4 Å². The quantitative estimate of drug-likeness (QED) is 0.160. The second-order valence-electron chi connectivity index (χ2n) is 10.2. The molecule has 212 valence electrons. The highest BCUT2D eigenvalue weighted by Gasteiger charge is 2.47. The van der Waals surface area contributed by atoms with Gasteiger partial charge in [-0.15, -0.1) is 6.58 Å². The standard InChI is InChI=1S/C36H38O5/c1-2-32-34(38-24-29-17-9-4-10-18-29)36(40-26-31-21-13-6-14-22-31)35(39-25-30-19-11-5-12-20-30)33(41-32)27-37-23-28-15-7-3-8-16-28/h2-22,32-36H,1,23-27H2/t32-,33?,34?,35+,36+/m1/s1. The van der Waals surface area contributed by atoms with Gasteiger partial charge in [0, 0.05) is 0 Å². The molecule has 0 aliphatic carbocycles. The molecule has 5 nitrogen and oxygen atoms in total. The van der Waals surface area contributed by atoms with Gasteiger partial charge in [0.2, 0.25) is 0 Å². The highest BCUT2D eigenvalue weighted by molar-refractivity contribution is 5.17. The molecule has 5 rings (SSSR count). The Labute approximate surface area is 243 Å². The zero-order chi connectivity index (χ0) is 28.1. The normalized spacial score (nSPS) is 22.3. The highest BCUT2D eigenvalue weighted by atomic mass is 16.6. The molecular formula is C36H38O5. The van der Waals surface area contributed by atoms with Crippen molar-refractivity contribution < 1.29 is 23.7 Å². The van der Waals surface area contributed by atoms with Crippen molar-refractivity contribution in [1.82, 2.24) is 0 Å². The molecular weight excluding hydrogens is 512 g/mol. The van der Waals surface area contributed by atoms with Crippen LogP contribution < -0.4 is 0 Å². The lowest BCUT2D eigenvalue weighted by molar-refractivity contribution is -0.263. The molecule has 1 aliphatic heterocycles. The molecule has 0 bridgehead atoms. The molecule has 2 unspecified atom stereocenters. The van der Waals surface area contributed by atoms with Crippen LogP contribution >= 0.6 is 0 Å². The Balaban J connectivity index is 1.39. The Hall–Kier alpha value is -3.58. The third kappa shape index (κ3) is 8.46. The Kier molecular flexibility index (Phi) is 10.9. The van der Waals surface area contributed by atoms with Gasteiger partial charge in [0.25, 0.3) is 0 Å². The van der Waals surface area contributed by atoms with Gasteiger partial charge < -0.3 is 23.7 Å². The summed E-state index contributed by atoms with van der Waals surface area (Å²) < 4.78 is 32.6. The van der Waals surface area contributed by atoms with Gasteiger partial charge in [0.15, 0.2) is 0 Å². The number of ether oxygens (including phenoxy) is 5. The lowest BCUT2D eigenvalue weighted by atomic mass is 9.94. The molecule has 0 saturated carbocycles. The molecule has 0 radical (unpaired) electrons. The number of rotatable bonds is 14. The van der Waals surface area contributed by atoms with Gasteiger partial charge in [0.05, 0.1) is 33.0 Å². The van der Waals surface area contributed by atoms with Gasteiger partial charge in [-0.1, -0.05) is 127 Å². The number of hydrogen-bond acceptors (Lipinski definition) is 5. The number of benzene rings is 4. The van der Waals surface area contributed by atoms with Crippen LogP contribution in [0.25, 0.3) is 0 Å². The van der Waals surface area contributed by atoms with Gasteiger partial charge in [-0.3, -0.25) is 0 Å². The van der Waals surface area contributed by atoms with E-state index in [1.54, 1.807) is 6.08 Å². The fourth-order valence-electron chi connectivity index (χ4n) is 5.01. The van der Waals surface area contributed by atoms with E-state index in [1.165, 1.54) is 0 Å². The Morgan fingerprint density at radius 3 is 1.34 bits per heavy atom. The van der Waals surface area contributed by atoms with E-state index in [2.05, 4.69) is 55.1 Å². The van der Waals surface area contributed by atoms with Crippen molar-refractivity contribution in [2.75, 3.05) is 6.61 Å². The third-order valence-corrected chi connectivity index (χ3v) is 7.15. The van der Waals surface area contributed by atoms with Crippen LogP contribution in [-0.4, -0.2) is 37.1 Å². The second-order valence-corrected chi connectivity index (χ2v) is 10.2. The molecule has 4 aromatic carbocycles. The summed E-state index contributed by atoms with van der Waals surface area (Å²) in [5.74, 6) is 0. The Morgan fingerprint density at radius 1 is 0.512 bits per heavy atom. The van der Waals surface area contributed by atoms with Crippen LogP contribution in [0, 0.1) is 0 Å². The average molecular weight is 551 g/mol. The van der Waals surface area contributed by atoms with Gasteiger partial charge in [-0.25, -0.2) is 0 Å². The van der Waals surface area contributed by atoms with Crippen LogP contribution in [0.2, 0.25) is 0 Å². The van der Waals surface area contributed by atoms with Crippen molar-refractivity contribution in [3.8, 4) is 0 Å². The molecule has 0 amide bonds. The molecule has 41 heavy (non-hydrogen) atoms. The Bertz CT molecular complexity index is 1280. The van der Waals surface area contributed by atoms with Crippen molar-refractivity contribution in [3.05, 3.63) is 156 Å². The maximum Gasteiger partial charge on any atom is 0.116 e. The van der Waals surface area contributed by atoms with E-state index in [0.717, 1.165) is 22.3 Å². The minimum absolute atomic E-state index is 0.343. The fourth-order valence-corrected chi connectivity index (χ4v) is 5.01. The first kappa shape index (κ1) is 28.9. The van der Waals surface area contributed by atoms with E-state index in [0.29, 0.717) is 33.0 Å². The van der Waals surface area contributed by atoms with Crippen LogP contribution in [0.3, 0.4) is 0 Å². The zero-order valence-corrected chi connectivity index (χ0v) is 23.3. The first-order valence-electron chi connectivity index (χ1n) is 14.2. The van der Waals surface area contributed by atoms with E-state index in [9.17, 15) is 0 Å². The fraction of sp³-hybridized carbons (Fsp3) is 0.278. The van der Waals surface area contributed by atoms with Gasteiger partial charge in [-0.2, -0.15) is 0 Å². The molecule has 4 aromatic rings. The third-order valence-electron chi connectivity index (χ3n) is 7.15. The van der Waals surface area contributed by atoms with E-state index in [1.807, 2.05) is 72.8 Å². The summed E-state index contributed by atoms with van der Waals surface area (Å²) in [4.78, 5) is 0. The number of hydrogen-bond donors (Lipinski definition) is 0. The lowest BCUT2D eigenvalue weighted by Crippen LogP contribution is -2.60. The molecule has 1 heterocycles. The van der Waals surface area contributed by atoms with Gasteiger partial charge >= 0.3 is 0 Å². The first-order valence-corrected chi connectivity index (χ1v) is 14.2. The molecule has 0 N–H and O–H groups in total. The lowest BCUT2D eigenvalue weighted by Gasteiger charge is -2.45. The summed E-state index contributed by atoms with van der Waals surface area (Å²) in [6.07, 6.45) is -0.283. The predicted octanol–water partition coefficient (Wildman–Crippen LogP) is 6.91. The smallest absolute Gasteiger partial charge is 0.116 e. The van der Waals surface area contributed by atoms with Gasteiger partial charge in [0.1, 0.15) is 30.5 Å². The highest BCUT2D eigenvalue weighted by Crippen LogP contribution is 2.31. The molecule has 5 heteroatoms. The van der Waals surface area contributed by atoms with Gasteiger partial charge in [-0.05, 0) is 22.3 Å². The van der Waals surface area contributed by atoms with Crippen LogP contribution in [-0.2, 0) is 50.1 Å². The summed E-state index contributed by atoms with van der Waals surface area (Å²) in [6, 6.07) is 40.5. The monoisotopic (exact) mass is 550 g/mol. The van der Waals surface area contributed by atoms with Crippen molar-refractivity contribution in [2.24, 2.45) is 0 Å². The van der Waals surface area contributed by atoms with E-state index >= 15 is 0 Å². The topological polar surface area (TPSA) is 46.2 Å². The molecule has 1 fully saturated rings. The summed E-state index contributed by atoms with van der Waals surface area (Å²) in [5.41, 5.74) is 4.33. The largest absolute Gasteiger partial charge is 0.374 e.